The number of hydrogen-bond acceptors (Lipinski definition) is 3. The smallest absolute Gasteiger partial charge is 0.0634 e. The monoisotopic (exact) mass is 253 g/mol. The number of halogens is 1. The lowest BCUT2D eigenvalue weighted by Gasteiger charge is -2.24. The summed E-state index contributed by atoms with van der Waals surface area (Å²) in [7, 11) is 0. The van der Waals surface area contributed by atoms with Crippen molar-refractivity contribution in [3.8, 4) is 0 Å². The lowest BCUT2D eigenvalue weighted by Crippen LogP contribution is -2.31. The fraction of sp³-hybridized carbons (Fsp3) is 0.615. The lowest BCUT2D eigenvalue weighted by atomic mass is 9.83. The second-order valence-corrected chi connectivity index (χ2v) is 5.42. The minimum atomic E-state index is -0.356. The average molecular weight is 254 g/mol. The predicted octanol–water partition coefficient (Wildman–Crippen LogP) is 2.21. The van der Waals surface area contributed by atoms with Crippen molar-refractivity contribution in [2.75, 3.05) is 0 Å². The zero-order chi connectivity index (χ0) is 11.8. The van der Waals surface area contributed by atoms with Gasteiger partial charge in [-0.05, 0) is 30.9 Å². The zero-order valence-electron chi connectivity index (χ0n) is 9.55. The van der Waals surface area contributed by atoms with Crippen LogP contribution in [0.2, 0.25) is 5.02 Å². The average Bonchev–Trinajstić information content (AvgIpc) is 2.94. The first-order chi connectivity index (χ1) is 8.24. The molecule has 2 aliphatic rings. The highest BCUT2D eigenvalue weighted by atomic mass is 35.5. The van der Waals surface area contributed by atoms with Crippen LogP contribution in [0.4, 0.5) is 0 Å². The maximum absolute atomic E-state index is 10.3. The van der Waals surface area contributed by atoms with Crippen molar-refractivity contribution in [1.82, 2.24) is 4.98 Å². The summed E-state index contributed by atoms with van der Waals surface area (Å²) in [6, 6.07) is 1.87. The molecule has 2 saturated heterocycles. The maximum Gasteiger partial charge on any atom is 0.0634 e. The van der Waals surface area contributed by atoms with Crippen molar-refractivity contribution in [1.29, 1.82) is 0 Å². The molecule has 2 bridgehead atoms. The van der Waals surface area contributed by atoms with Crippen LogP contribution < -0.4 is 0 Å². The summed E-state index contributed by atoms with van der Waals surface area (Å²) in [4.78, 5) is 3.95. The van der Waals surface area contributed by atoms with Crippen LogP contribution in [0, 0.1) is 5.92 Å². The Balaban J connectivity index is 1.68. The zero-order valence-corrected chi connectivity index (χ0v) is 10.3. The molecule has 2 aliphatic heterocycles. The third kappa shape index (κ3) is 2.19. The molecule has 0 saturated carbocycles. The molecule has 0 spiro atoms. The van der Waals surface area contributed by atoms with E-state index in [9.17, 15) is 5.11 Å². The van der Waals surface area contributed by atoms with Crippen molar-refractivity contribution < 1.29 is 9.84 Å². The molecular formula is C13H16ClNO2. The molecule has 0 aliphatic carbocycles. The Bertz CT molecular complexity index is 412. The Labute approximate surface area is 106 Å². The predicted molar refractivity (Wildman–Crippen MR) is 65.0 cm³/mol. The van der Waals surface area contributed by atoms with Crippen molar-refractivity contribution in [3.05, 3.63) is 29.0 Å². The van der Waals surface area contributed by atoms with E-state index in [1.165, 1.54) is 0 Å². The lowest BCUT2D eigenvalue weighted by molar-refractivity contribution is 0.0432. The van der Waals surface area contributed by atoms with E-state index in [4.69, 9.17) is 16.3 Å². The molecule has 3 rings (SSSR count). The van der Waals surface area contributed by atoms with E-state index in [1.807, 2.05) is 6.07 Å². The number of rotatable bonds is 3. The van der Waals surface area contributed by atoms with Gasteiger partial charge in [-0.2, -0.15) is 0 Å². The molecule has 3 heterocycles. The Hall–Kier alpha value is -0.640. The van der Waals surface area contributed by atoms with Crippen LogP contribution >= 0.6 is 11.6 Å². The van der Waals surface area contributed by atoms with Crippen molar-refractivity contribution in [3.63, 3.8) is 0 Å². The van der Waals surface area contributed by atoms with E-state index in [-0.39, 0.29) is 18.1 Å². The Kier molecular flexibility index (Phi) is 3.07. The van der Waals surface area contributed by atoms with Crippen molar-refractivity contribution in [2.45, 2.75) is 44.0 Å². The minimum absolute atomic E-state index is 0.260. The summed E-state index contributed by atoms with van der Waals surface area (Å²) in [6.07, 6.45) is 7.47. The first-order valence-electron chi connectivity index (χ1n) is 6.16. The van der Waals surface area contributed by atoms with Gasteiger partial charge in [-0.1, -0.05) is 11.6 Å². The number of nitrogens with zero attached hydrogens (tertiary/aromatic N) is 1. The summed E-state index contributed by atoms with van der Waals surface area (Å²) >= 11 is 6.05. The van der Waals surface area contributed by atoms with Gasteiger partial charge in [0, 0.05) is 24.7 Å². The molecule has 0 amide bonds. The molecule has 92 valence electrons. The molecule has 0 aromatic carbocycles. The minimum Gasteiger partial charge on any atom is -0.392 e. The quantitative estimate of drug-likeness (QED) is 0.898. The van der Waals surface area contributed by atoms with Crippen molar-refractivity contribution >= 4 is 11.6 Å². The molecule has 1 aromatic heterocycles. The fourth-order valence-corrected chi connectivity index (χ4v) is 3.22. The Morgan fingerprint density at radius 3 is 3.06 bits per heavy atom. The van der Waals surface area contributed by atoms with Gasteiger partial charge in [0.15, 0.2) is 0 Å². The maximum atomic E-state index is 10.3. The van der Waals surface area contributed by atoms with Gasteiger partial charge in [0.05, 0.1) is 23.3 Å². The number of aliphatic hydroxyl groups excluding tert-OH is 1. The third-order valence-corrected chi connectivity index (χ3v) is 4.27. The standard InChI is InChI=1S/C13H16ClNO2/c14-11-7-15-4-3-8(11)5-12(16)10-6-9-1-2-13(10)17-9/h3-4,7,9-10,12-13,16H,1-2,5-6H2. The van der Waals surface area contributed by atoms with Gasteiger partial charge in [-0.3, -0.25) is 4.98 Å². The van der Waals surface area contributed by atoms with Gasteiger partial charge in [0.1, 0.15) is 0 Å². The molecule has 4 unspecified atom stereocenters. The second kappa shape index (κ2) is 4.56. The highest BCUT2D eigenvalue weighted by Gasteiger charge is 2.43. The van der Waals surface area contributed by atoms with Gasteiger partial charge in [0.2, 0.25) is 0 Å². The first kappa shape index (κ1) is 11.5. The topological polar surface area (TPSA) is 42.4 Å². The van der Waals surface area contributed by atoms with Crippen LogP contribution in [0.15, 0.2) is 18.5 Å². The third-order valence-electron chi connectivity index (χ3n) is 3.93. The number of pyridine rings is 1. The largest absolute Gasteiger partial charge is 0.392 e. The summed E-state index contributed by atoms with van der Waals surface area (Å²) in [6.45, 7) is 0. The van der Waals surface area contributed by atoms with Crippen molar-refractivity contribution in [2.24, 2.45) is 5.92 Å². The van der Waals surface area contributed by atoms with Gasteiger partial charge in [-0.25, -0.2) is 0 Å². The molecule has 1 N–H and O–H groups in total. The normalized spacial score (nSPS) is 32.9. The van der Waals surface area contributed by atoms with Gasteiger partial charge in [0.25, 0.3) is 0 Å². The van der Waals surface area contributed by atoms with Crippen LogP contribution in [-0.4, -0.2) is 28.4 Å². The molecule has 0 radical (unpaired) electrons. The van der Waals surface area contributed by atoms with E-state index in [0.29, 0.717) is 17.5 Å². The van der Waals surface area contributed by atoms with E-state index in [1.54, 1.807) is 12.4 Å². The van der Waals surface area contributed by atoms with E-state index >= 15 is 0 Å². The van der Waals surface area contributed by atoms with Gasteiger partial charge in [-0.15, -0.1) is 0 Å². The number of hydrogen-bond donors (Lipinski definition) is 1. The Morgan fingerprint density at radius 2 is 2.41 bits per heavy atom. The van der Waals surface area contributed by atoms with Crippen LogP contribution in [-0.2, 0) is 11.2 Å². The molecule has 1 aromatic rings. The van der Waals surface area contributed by atoms with Crippen LogP contribution in [0.3, 0.4) is 0 Å². The highest BCUT2D eigenvalue weighted by Crippen LogP contribution is 2.41. The highest BCUT2D eigenvalue weighted by molar-refractivity contribution is 6.31. The van der Waals surface area contributed by atoms with E-state index in [0.717, 1.165) is 24.8 Å². The Morgan fingerprint density at radius 1 is 1.53 bits per heavy atom. The van der Waals surface area contributed by atoms with Gasteiger partial charge >= 0.3 is 0 Å². The van der Waals surface area contributed by atoms with Gasteiger partial charge < -0.3 is 9.84 Å². The van der Waals surface area contributed by atoms with E-state index in [2.05, 4.69) is 4.98 Å². The number of fused-ring (bicyclic) bond motifs is 2. The van der Waals surface area contributed by atoms with Crippen LogP contribution in [0.25, 0.3) is 0 Å². The SMILES string of the molecule is OC(Cc1ccncc1Cl)C1CC2CCC1O2. The van der Waals surface area contributed by atoms with Crippen LogP contribution in [0.1, 0.15) is 24.8 Å². The first-order valence-corrected chi connectivity index (χ1v) is 6.54. The molecule has 2 fully saturated rings. The molecular weight excluding hydrogens is 238 g/mol. The number of aliphatic hydroxyl groups is 1. The summed E-state index contributed by atoms with van der Waals surface area (Å²) in [5.41, 5.74) is 0.969. The summed E-state index contributed by atoms with van der Waals surface area (Å²) < 4.78 is 5.77. The number of ether oxygens (including phenoxy) is 1. The second-order valence-electron chi connectivity index (χ2n) is 5.01. The molecule has 4 atom stereocenters. The molecule has 17 heavy (non-hydrogen) atoms. The molecule has 4 heteroatoms. The van der Waals surface area contributed by atoms with E-state index < -0.39 is 0 Å². The van der Waals surface area contributed by atoms with Crippen LogP contribution in [0.5, 0.6) is 0 Å². The fourth-order valence-electron chi connectivity index (χ4n) is 3.03. The number of aromatic nitrogens is 1. The summed E-state index contributed by atoms with van der Waals surface area (Å²) in [5, 5.41) is 10.9. The molecule has 3 nitrogen and oxygen atoms in total. The summed E-state index contributed by atoms with van der Waals surface area (Å²) in [5.74, 6) is 0.276.